The van der Waals surface area contributed by atoms with Crippen molar-refractivity contribution < 1.29 is 26.4 Å². The van der Waals surface area contributed by atoms with E-state index < -0.39 is 21.5 Å². The normalized spacial score (nSPS) is 11.6. The number of methoxy groups -OCH3 is 1. The average molecular weight is 526 g/mol. The number of fused-ring (bicyclic) bond motifs is 1. The van der Waals surface area contributed by atoms with Crippen molar-refractivity contribution in [1.29, 1.82) is 0 Å². The quantitative estimate of drug-likeness (QED) is 0.219. The number of rotatable bonds is 9. The second-order valence-corrected chi connectivity index (χ2v) is 10.1. The third-order valence-electron chi connectivity index (χ3n) is 5.63. The number of nitrogens with zero attached hydrogens (tertiary/aromatic N) is 4. The van der Waals surface area contributed by atoms with Gasteiger partial charge in [-0.25, -0.2) is 27.2 Å². The summed E-state index contributed by atoms with van der Waals surface area (Å²) >= 11 is 0. The van der Waals surface area contributed by atoms with Gasteiger partial charge in [0.25, 0.3) is 0 Å². The van der Waals surface area contributed by atoms with Crippen LogP contribution in [0.2, 0.25) is 0 Å². The molecule has 190 valence electrons. The van der Waals surface area contributed by atoms with E-state index in [4.69, 9.17) is 9.15 Å². The Bertz CT molecular complexity index is 1670. The number of halogens is 2. The minimum absolute atomic E-state index is 0.0713. The van der Waals surface area contributed by atoms with Crippen LogP contribution in [0.25, 0.3) is 28.5 Å². The van der Waals surface area contributed by atoms with Gasteiger partial charge in [0.15, 0.2) is 21.4 Å². The predicted molar refractivity (Wildman–Crippen MR) is 132 cm³/mol. The topological polar surface area (TPSA) is 112 Å². The molecule has 0 aliphatic carbocycles. The maximum Gasteiger partial charge on any atom is 0.306 e. The number of oxazole rings is 1. The third kappa shape index (κ3) is 5.00. The summed E-state index contributed by atoms with van der Waals surface area (Å²) < 4.78 is 64.3. The molecule has 3 aromatic heterocycles. The molecule has 0 aliphatic rings. The molecule has 1 N–H and O–H groups in total. The monoisotopic (exact) mass is 525 g/mol. The lowest BCUT2D eigenvalue weighted by Crippen LogP contribution is -2.13. The molecule has 5 aromatic rings. The smallest absolute Gasteiger partial charge is 0.306 e. The van der Waals surface area contributed by atoms with Gasteiger partial charge in [0.05, 0.1) is 23.5 Å². The SMILES string of the molecule is COc1cc(-c2nc3occn3c2-c2ccnc(NCCCS(=O)(=O)c3ccc(F)cc3)n2)ccc1F. The molecule has 3 heterocycles. The molecule has 0 fully saturated rings. The Balaban J connectivity index is 1.36. The van der Waals surface area contributed by atoms with Crippen LogP contribution in [-0.4, -0.2) is 47.2 Å². The summed E-state index contributed by atoms with van der Waals surface area (Å²) in [7, 11) is -2.16. The molecule has 0 unspecified atom stereocenters. The zero-order valence-electron chi connectivity index (χ0n) is 19.6. The van der Waals surface area contributed by atoms with E-state index in [-0.39, 0.29) is 28.8 Å². The Morgan fingerprint density at radius 2 is 1.89 bits per heavy atom. The van der Waals surface area contributed by atoms with E-state index in [2.05, 4.69) is 20.3 Å². The van der Waals surface area contributed by atoms with Gasteiger partial charge in [-0.1, -0.05) is 0 Å². The standard InChI is InChI=1S/C25H21F2N5O4S/c1-35-21-15-16(3-8-19(21)27)22-23(32-12-13-36-25(32)31-22)20-9-11-29-24(30-20)28-10-2-14-37(33,34)18-6-4-17(26)5-7-18/h3-9,11-13,15H,2,10,14H2,1H3,(H,28,29,30). The summed E-state index contributed by atoms with van der Waals surface area (Å²) in [6.45, 7) is 0.291. The van der Waals surface area contributed by atoms with Gasteiger partial charge >= 0.3 is 5.84 Å². The molecule has 37 heavy (non-hydrogen) atoms. The molecule has 0 bridgehead atoms. The molecule has 0 spiro atoms. The number of imidazole rings is 1. The van der Waals surface area contributed by atoms with E-state index in [0.29, 0.717) is 35.0 Å². The number of sulfone groups is 1. The second kappa shape index (κ2) is 9.97. The number of ether oxygens (including phenoxy) is 1. The van der Waals surface area contributed by atoms with Crippen molar-refractivity contribution >= 4 is 21.6 Å². The Morgan fingerprint density at radius 3 is 2.68 bits per heavy atom. The van der Waals surface area contributed by atoms with Gasteiger partial charge in [0.1, 0.15) is 23.5 Å². The Morgan fingerprint density at radius 1 is 1.08 bits per heavy atom. The van der Waals surface area contributed by atoms with Gasteiger partial charge in [-0.15, -0.1) is 0 Å². The highest BCUT2D eigenvalue weighted by atomic mass is 32.2. The average Bonchev–Trinajstić information content (AvgIpc) is 3.49. The lowest BCUT2D eigenvalue weighted by Gasteiger charge is -2.09. The first kappa shape index (κ1) is 24.4. The number of nitrogens with one attached hydrogen (secondary N) is 1. The van der Waals surface area contributed by atoms with Crippen molar-refractivity contribution in [2.75, 3.05) is 24.7 Å². The Labute approximate surface area is 210 Å². The Kier molecular flexibility index (Phi) is 6.57. The molecular weight excluding hydrogens is 504 g/mol. The number of hydrogen-bond acceptors (Lipinski definition) is 8. The largest absolute Gasteiger partial charge is 0.494 e. The molecule has 0 saturated carbocycles. The molecule has 0 radical (unpaired) electrons. The molecule has 9 nitrogen and oxygen atoms in total. The maximum atomic E-state index is 14.0. The van der Waals surface area contributed by atoms with E-state index in [9.17, 15) is 17.2 Å². The lowest BCUT2D eigenvalue weighted by molar-refractivity contribution is 0.387. The number of hydrogen-bond donors (Lipinski definition) is 1. The van der Waals surface area contributed by atoms with E-state index in [0.717, 1.165) is 12.1 Å². The van der Waals surface area contributed by atoms with Crippen LogP contribution in [0.1, 0.15) is 6.42 Å². The fourth-order valence-electron chi connectivity index (χ4n) is 3.84. The van der Waals surface area contributed by atoms with Gasteiger partial charge in [-0.05, 0) is 55.0 Å². The van der Waals surface area contributed by atoms with Crippen LogP contribution in [-0.2, 0) is 9.84 Å². The highest BCUT2D eigenvalue weighted by Gasteiger charge is 2.21. The van der Waals surface area contributed by atoms with Crippen molar-refractivity contribution in [2.24, 2.45) is 0 Å². The van der Waals surface area contributed by atoms with E-state index in [1.54, 1.807) is 35.0 Å². The fraction of sp³-hybridized carbons (Fsp3) is 0.160. The van der Waals surface area contributed by atoms with Crippen LogP contribution < -0.4 is 10.1 Å². The Hall–Kier alpha value is -4.32. The highest BCUT2D eigenvalue weighted by Crippen LogP contribution is 2.34. The molecule has 0 saturated heterocycles. The van der Waals surface area contributed by atoms with Gasteiger partial charge in [0.2, 0.25) is 5.95 Å². The van der Waals surface area contributed by atoms with Crippen LogP contribution >= 0.6 is 0 Å². The summed E-state index contributed by atoms with van der Waals surface area (Å²) in [6.07, 6.45) is 5.03. The molecule has 5 rings (SSSR count). The van der Waals surface area contributed by atoms with E-state index in [1.165, 1.54) is 31.6 Å². The van der Waals surface area contributed by atoms with Crippen molar-refractivity contribution in [1.82, 2.24) is 19.4 Å². The van der Waals surface area contributed by atoms with Gasteiger partial charge in [-0.2, -0.15) is 4.98 Å². The van der Waals surface area contributed by atoms with E-state index in [1.807, 2.05) is 0 Å². The van der Waals surface area contributed by atoms with Crippen LogP contribution in [0.3, 0.4) is 0 Å². The van der Waals surface area contributed by atoms with Gasteiger partial charge in [0, 0.05) is 24.5 Å². The summed E-state index contributed by atoms with van der Waals surface area (Å²) in [5.74, 6) is -0.421. The number of benzene rings is 2. The summed E-state index contributed by atoms with van der Waals surface area (Å²) in [4.78, 5) is 13.4. The first-order chi connectivity index (χ1) is 17.9. The number of aromatic nitrogens is 4. The predicted octanol–water partition coefficient (Wildman–Crippen LogP) is 4.61. The van der Waals surface area contributed by atoms with Crippen LogP contribution in [0.5, 0.6) is 5.75 Å². The lowest BCUT2D eigenvalue weighted by atomic mass is 10.1. The summed E-state index contributed by atoms with van der Waals surface area (Å²) in [5, 5.41) is 3.04. The molecule has 0 atom stereocenters. The van der Waals surface area contributed by atoms with Crippen LogP contribution in [0.15, 0.2) is 76.5 Å². The third-order valence-corrected chi connectivity index (χ3v) is 7.45. The second-order valence-electron chi connectivity index (χ2n) is 8.03. The summed E-state index contributed by atoms with van der Waals surface area (Å²) in [6, 6.07) is 10.9. The van der Waals surface area contributed by atoms with Gasteiger partial charge < -0.3 is 14.5 Å². The van der Waals surface area contributed by atoms with Crippen molar-refractivity contribution in [3.8, 4) is 28.4 Å². The highest BCUT2D eigenvalue weighted by molar-refractivity contribution is 7.91. The molecule has 12 heteroatoms. The molecule has 2 aromatic carbocycles. The zero-order valence-corrected chi connectivity index (χ0v) is 20.4. The first-order valence-corrected chi connectivity index (χ1v) is 12.9. The first-order valence-electron chi connectivity index (χ1n) is 11.2. The molecular formula is C25H21F2N5O4S. The van der Waals surface area contributed by atoms with Crippen LogP contribution in [0, 0.1) is 11.6 Å². The molecule has 0 aliphatic heterocycles. The van der Waals surface area contributed by atoms with Crippen molar-refractivity contribution in [3.63, 3.8) is 0 Å². The van der Waals surface area contributed by atoms with Crippen molar-refractivity contribution in [2.45, 2.75) is 11.3 Å². The van der Waals surface area contributed by atoms with E-state index >= 15 is 0 Å². The summed E-state index contributed by atoms with van der Waals surface area (Å²) in [5.41, 5.74) is 2.23. The maximum absolute atomic E-state index is 14.0. The zero-order chi connectivity index (χ0) is 26.0. The van der Waals surface area contributed by atoms with Crippen molar-refractivity contribution in [3.05, 3.63) is 78.8 Å². The molecule has 0 amide bonds. The van der Waals surface area contributed by atoms with Gasteiger partial charge in [-0.3, -0.25) is 4.40 Å². The minimum Gasteiger partial charge on any atom is -0.494 e. The minimum atomic E-state index is -3.54. The fourth-order valence-corrected chi connectivity index (χ4v) is 5.15. The number of anilines is 1. The van der Waals surface area contributed by atoms with Crippen LogP contribution in [0.4, 0.5) is 14.7 Å².